The molecule has 1 aromatic rings. The summed E-state index contributed by atoms with van der Waals surface area (Å²) in [7, 11) is 1.90. The molecule has 0 saturated heterocycles. The van der Waals surface area contributed by atoms with Gasteiger partial charge in [0.2, 0.25) is 0 Å². The van der Waals surface area contributed by atoms with Gasteiger partial charge in [0.1, 0.15) is 0 Å². The van der Waals surface area contributed by atoms with E-state index in [-0.39, 0.29) is 0 Å². The zero-order chi connectivity index (χ0) is 15.7. The van der Waals surface area contributed by atoms with E-state index in [9.17, 15) is 0 Å². The van der Waals surface area contributed by atoms with Crippen molar-refractivity contribution < 1.29 is 0 Å². The quantitative estimate of drug-likeness (QED) is 0.499. The van der Waals surface area contributed by atoms with Gasteiger partial charge < -0.3 is 21.7 Å². The fraction of sp³-hybridized carbons (Fsp3) is 0.412. The number of aryl methyl sites for hydroxylation is 1. The van der Waals surface area contributed by atoms with E-state index in [4.69, 9.17) is 5.73 Å². The summed E-state index contributed by atoms with van der Waals surface area (Å²) in [6, 6.07) is 6.34. The smallest absolute Gasteiger partial charge is 0.0388 e. The van der Waals surface area contributed by atoms with E-state index >= 15 is 0 Å². The van der Waals surface area contributed by atoms with Crippen LogP contribution in [-0.2, 0) is 6.42 Å². The standard InChI is InChI=1S/C17H28N4/c1-5-15-7-8-16(21-13(2)12-19-4)11-17(15)14(3)20-10-6-9-18/h7-8,11,19-21H,2-3,5-6,9-10,12,18H2,1,4H3. The third kappa shape index (κ3) is 5.61. The molecular weight excluding hydrogens is 260 g/mol. The molecule has 116 valence electrons. The Labute approximate surface area is 128 Å². The zero-order valence-electron chi connectivity index (χ0n) is 13.3. The Bertz CT molecular complexity index is 480. The molecule has 0 spiro atoms. The first-order chi connectivity index (χ1) is 10.1. The highest BCUT2D eigenvalue weighted by molar-refractivity contribution is 5.69. The van der Waals surface area contributed by atoms with Crippen molar-refractivity contribution in [2.24, 2.45) is 5.73 Å². The molecule has 4 heteroatoms. The van der Waals surface area contributed by atoms with Crippen LogP contribution in [0.15, 0.2) is 37.1 Å². The van der Waals surface area contributed by atoms with Crippen molar-refractivity contribution in [3.63, 3.8) is 0 Å². The summed E-state index contributed by atoms with van der Waals surface area (Å²) < 4.78 is 0. The minimum Gasteiger partial charge on any atom is -0.385 e. The normalized spacial score (nSPS) is 10.2. The average molecular weight is 288 g/mol. The van der Waals surface area contributed by atoms with Crippen molar-refractivity contribution >= 4 is 11.4 Å². The lowest BCUT2D eigenvalue weighted by Gasteiger charge is -2.16. The predicted molar refractivity (Wildman–Crippen MR) is 93.2 cm³/mol. The Morgan fingerprint density at radius 1 is 1.29 bits per heavy atom. The van der Waals surface area contributed by atoms with Gasteiger partial charge in [-0.05, 0) is 44.1 Å². The Morgan fingerprint density at radius 3 is 2.67 bits per heavy atom. The molecule has 5 N–H and O–H groups in total. The molecule has 21 heavy (non-hydrogen) atoms. The predicted octanol–water partition coefficient (Wildman–Crippen LogP) is 2.30. The lowest BCUT2D eigenvalue weighted by Crippen LogP contribution is -2.17. The van der Waals surface area contributed by atoms with E-state index in [0.717, 1.165) is 48.6 Å². The van der Waals surface area contributed by atoms with Crippen molar-refractivity contribution in [2.45, 2.75) is 19.8 Å². The molecule has 0 atom stereocenters. The molecule has 0 heterocycles. The number of nitrogens with two attached hydrogens (primary N) is 1. The third-order valence-corrected chi connectivity index (χ3v) is 3.25. The van der Waals surface area contributed by atoms with Crippen molar-refractivity contribution in [3.8, 4) is 0 Å². The monoisotopic (exact) mass is 288 g/mol. The molecule has 0 aliphatic carbocycles. The summed E-state index contributed by atoms with van der Waals surface area (Å²) in [5.74, 6) is 0. The molecule has 4 nitrogen and oxygen atoms in total. The van der Waals surface area contributed by atoms with Crippen molar-refractivity contribution in [2.75, 3.05) is 32.0 Å². The SMILES string of the molecule is C=C(CNC)Nc1ccc(CC)c(C(=C)NCCCN)c1. The maximum absolute atomic E-state index is 5.52. The van der Waals surface area contributed by atoms with Gasteiger partial charge in [0.25, 0.3) is 0 Å². The number of hydrogen-bond donors (Lipinski definition) is 4. The van der Waals surface area contributed by atoms with Gasteiger partial charge in [-0.1, -0.05) is 26.1 Å². The number of benzene rings is 1. The second-order valence-corrected chi connectivity index (χ2v) is 5.03. The van der Waals surface area contributed by atoms with Crippen LogP contribution in [-0.4, -0.2) is 26.7 Å². The van der Waals surface area contributed by atoms with Crippen LogP contribution in [0.25, 0.3) is 5.70 Å². The van der Waals surface area contributed by atoms with Crippen LogP contribution in [0.1, 0.15) is 24.5 Å². The Morgan fingerprint density at radius 2 is 2.05 bits per heavy atom. The van der Waals surface area contributed by atoms with Gasteiger partial charge in [0.15, 0.2) is 0 Å². The first-order valence-electron chi connectivity index (χ1n) is 7.47. The van der Waals surface area contributed by atoms with E-state index in [1.807, 2.05) is 7.05 Å². The molecule has 0 fully saturated rings. The van der Waals surface area contributed by atoms with Crippen LogP contribution >= 0.6 is 0 Å². The second-order valence-electron chi connectivity index (χ2n) is 5.03. The van der Waals surface area contributed by atoms with Gasteiger partial charge in [-0.25, -0.2) is 0 Å². The number of nitrogens with one attached hydrogen (secondary N) is 3. The first-order valence-corrected chi connectivity index (χ1v) is 7.47. The summed E-state index contributed by atoms with van der Waals surface area (Å²) in [6.45, 7) is 12.6. The lowest BCUT2D eigenvalue weighted by atomic mass is 10.0. The Hall–Kier alpha value is -1.78. The van der Waals surface area contributed by atoms with E-state index in [1.54, 1.807) is 0 Å². The van der Waals surface area contributed by atoms with Gasteiger partial charge in [-0.2, -0.15) is 0 Å². The largest absolute Gasteiger partial charge is 0.385 e. The van der Waals surface area contributed by atoms with Gasteiger partial charge in [-0.3, -0.25) is 0 Å². The minimum absolute atomic E-state index is 0.687. The first kappa shape index (κ1) is 17.3. The zero-order valence-corrected chi connectivity index (χ0v) is 13.3. The summed E-state index contributed by atoms with van der Waals surface area (Å²) in [6.07, 6.45) is 1.92. The van der Waals surface area contributed by atoms with Gasteiger partial charge in [0, 0.05) is 35.7 Å². The number of likely N-dealkylation sites (N-methyl/N-ethyl adjacent to an activating group) is 1. The van der Waals surface area contributed by atoms with Gasteiger partial charge in [0.05, 0.1) is 0 Å². The second kappa shape index (κ2) is 9.21. The Kier molecular flexibility index (Phi) is 7.58. The maximum atomic E-state index is 5.52. The highest BCUT2D eigenvalue weighted by atomic mass is 14.9. The van der Waals surface area contributed by atoms with Crippen molar-refractivity contribution in [3.05, 3.63) is 48.2 Å². The molecule has 1 rings (SSSR count). The highest BCUT2D eigenvalue weighted by Crippen LogP contribution is 2.22. The van der Waals surface area contributed by atoms with Crippen LogP contribution < -0.4 is 21.7 Å². The van der Waals surface area contributed by atoms with Crippen LogP contribution in [0.5, 0.6) is 0 Å². The fourth-order valence-electron chi connectivity index (χ4n) is 2.14. The molecule has 0 saturated carbocycles. The summed E-state index contributed by atoms with van der Waals surface area (Å²) in [5.41, 5.74) is 10.9. The van der Waals surface area contributed by atoms with E-state index in [1.165, 1.54) is 5.56 Å². The molecule has 0 aromatic heterocycles. The average Bonchev–Trinajstić information content (AvgIpc) is 2.47. The molecule has 0 bridgehead atoms. The topological polar surface area (TPSA) is 62.1 Å². The van der Waals surface area contributed by atoms with Crippen molar-refractivity contribution in [1.82, 2.24) is 10.6 Å². The molecule has 0 amide bonds. The summed E-state index contributed by atoms with van der Waals surface area (Å²) >= 11 is 0. The van der Waals surface area contributed by atoms with Crippen LogP contribution in [0, 0.1) is 0 Å². The number of hydrogen-bond acceptors (Lipinski definition) is 4. The third-order valence-electron chi connectivity index (χ3n) is 3.25. The lowest BCUT2D eigenvalue weighted by molar-refractivity contribution is 0.772. The maximum Gasteiger partial charge on any atom is 0.0388 e. The summed E-state index contributed by atoms with van der Waals surface area (Å²) in [5, 5.41) is 9.73. The van der Waals surface area contributed by atoms with E-state index < -0.39 is 0 Å². The minimum atomic E-state index is 0.687. The molecule has 0 aliphatic heterocycles. The van der Waals surface area contributed by atoms with Crippen LogP contribution in [0.2, 0.25) is 0 Å². The molecule has 0 unspecified atom stereocenters. The van der Waals surface area contributed by atoms with Crippen LogP contribution in [0.3, 0.4) is 0 Å². The number of rotatable bonds is 10. The van der Waals surface area contributed by atoms with Crippen molar-refractivity contribution in [1.29, 1.82) is 0 Å². The van der Waals surface area contributed by atoms with Gasteiger partial charge >= 0.3 is 0 Å². The fourth-order valence-corrected chi connectivity index (χ4v) is 2.14. The molecule has 0 radical (unpaired) electrons. The molecular formula is C17H28N4. The van der Waals surface area contributed by atoms with E-state index in [2.05, 4.69) is 54.2 Å². The Balaban J connectivity index is 2.84. The number of anilines is 1. The highest BCUT2D eigenvalue weighted by Gasteiger charge is 2.06. The molecule has 0 aliphatic rings. The van der Waals surface area contributed by atoms with Crippen LogP contribution in [0.4, 0.5) is 5.69 Å². The van der Waals surface area contributed by atoms with E-state index in [0.29, 0.717) is 6.54 Å². The molecule has 1 aromatic carbocycles. The van der Waals surface area contributed by atoms with Gasteiger partial charge in [-0.15, -0.1) is 0 Å². The summed E-state index contributed by atoms with van der Waals surface area (Å²) in [4.78, 5) is 0.